The summed E-state index contributed by atoms with van der Waals surface area (Å²) < 4.78 is 28.3. The molecular weight excluding hydrogens is 446 g/mol. The van der Waals surface area contributed by atoms with Crippen molar-refractivity contribution < 1.29 is 22.9 Å². The number of nitrogens with one attached hydrogen (secondary N) is 2. The molecule has 0 saturated carbocycles. The maximum atomic E-state index is 12.9. The van der Waals surface area contributed by atoms with Crippen molar-refractivity contribution in [1.82, 2.24) is 9.71 Å². The number of fused-ring (bicyclic) bond motifs is 1. The van der Waals surface area contributed by atoms with E-state index in [9.17, 15) is 28.1 Å². The number of benzene rings is 1. The summed E-state index contributed by atoms with van der Waals surface area (Å²) >= 11 is 0.677. The minimum Gasteiger partial charge on any atom is -0.312 e. The number of nitro groups is 1. The van der Waals surface area contributed by atoms with E-state index in [2.05, 4.69) is 15.0 Å². The average molecular weight is 468 g/mol. The molecule has 2 heterocycles. The summed E-state index contributed by atoms with van der Waals surface area (Å²) in [5.41, 5.74) is 1.41. The Bertz CT molecular complexity index is 1140. The van der Waals surface area contributed by atoms with Crippen LogP contribution < -0.4 is 14.9 Å². The number of anilines is 2. The highest BCUT2D eigenvalue weighted by Crippen LogP contribution is 2.30. The van der Waals surface area contributed by atoms with E-state index in [4.69, 9.17) is 0 Å². The number of thiazole rings is 1. The summed E-state index contributed by atoms with van der Waals surface area (Å²) in [6, 6.07) is 3.34. The average Bonchev–Trinajstić information content (AvgIpc) is 3.32. The first-order chi connectivity index (χ1) is 14.5. The van der Waals surface area contributed by atoms with E-state index in [0.717, 1.165) is 11.8 Å². The van der Waals surface area contributed by atoms with Crippen LogP contribution in [0.25, 0.3) is 0 Å². The summed E-state index contributed by atoms with van der Waals surface area (Å²) in [6.07, 6.45) is 1.55. The van der Waals surface area contributed by atoms with E-state index in [1.165, 1.54) is 19.1 Å². The van der Waals surface area contributed by atoms with Crippen LogP contribution >= 0.6 is 11.3 Å². The van der Waals surface area contributed by atoms with Gasteiger partial charge in [0, 0.05) is 19.2 Å². The van der Waals surface area contributed by atoms with Gasteiger partial charge in [0.05, 0.1) is 9.82 Å². The maximum absolute atomic E-state index is 12.9. The van der Waals surface area contributed by atoms with Gasteiger partial charge in [0.1, 0.15) is 12.2 Å². The summed E-state index contributed by atoms with van der Waals surface area (Å²) in [6.45, 7) is 5.28. The van der Waals surface area contributed by atoms with E-state index >= 15 is 0 Å². The number of aromatic nitrogens is 1. The van der Waals surface area contributed by atoms with Crippen molar-refractivity contribution in [3.63, 3.8) is 0 Å². The normalized spacial score (nSPS) is 14.4. The largest absolute Gasteiger partial charge is 0.345 e. The Morgan fingerprint density at radius 3 is 2.61 bits per heavy atom. The molecule has 11 nitrogen and oxygen atoms in total. The third-order valence-corrected chi connectivity index (χ3v) is 7.07. The fourth-order valence-corrected chi connectivity index (χ4v) is 5.22. The van der Waals surface area contributed by atoms with Crippen molar-refractivity contribution in [2.45, 2.75) is 38.1 Å². The Balaban J connectivity index is 1.79. The van der Waals surface area contributed by atoms with Crippen LogP contribution in [-0.4, -0.2) is 42.7 Å². The molecule has 31 heavy (non-hydrogen) atoms. The molecule has 1 atom stereocenters. The number of carbonyl (C=O) groups is 2. The first-order valence-electron chi connectivity index (χ1n) is 9.34. The summed E-state index contributed by atoms with van der Waals surface area (Å²) in [4.78, 5) is 39.8. The van der Waals surface area contributed by atoms with Crippen LogP contribution in [0.4, 0.5) is 15.8 Å². The van der Waals surface area contributed by atoms with Gasteiger partial charge < -0.3 is 10.2 Å². The van der Waals surface area contributed by atoms with Crippen LogP contribution in [0.5, 0.6) is 0 Å². The van der Waals surface area contributed by atoms with Gasteiger partial charge in [-0.15, -0.1) is 0 Å². The molecule has 1 aliphatic rings. The molecule has 2 aromatic rings. The van der Waals surface area contributed by atoms with Crippen LogP contribution in [0.15, 0.2) is 29.3 Å². The van der Waals surface area contributed by atoms with Crippen molar-refractivity contribution in [3.8, 4) is 0 Å². The van der Waals surface area contributed by atoms with Gasteiger partial charge in [0.2, 0.25) is 21.8 Å². The molecule has 0 spiro atoms. The van der Waals surface area contributed by atoms with Gasteiger partial charge in [0.25, 0.3) is 0 Å². The topological polar surface area (TPSA) is 152 Å². The number of hydrogen-bond donors (Lipinski definition) is 2. The molecule has 166 valence electrons. The van der Waals surface area contributed by atoms with Crippen LogP contribution in [0.2, 0.25) is 0 Å². The van der Waals surface area contributed by atoms with Crippen LogP contribution in [0.1, 0.15) is 26.3 Å². The SMILES string of the molecule is CC(=O)N1CCc2cc(S(=O)(=O)N[C@@H](C(=O)Nc3ncc([N+](=O)[O-])s3)C(C)C)ccc21. The molecular formula is C18H21N5O6S2. The molecule has 0 unspecified atom stereocenters. The predicted molar refractivity (Wildman–Crippen MR) is 115 cm³/mol. The van der Waals surface area contributed by atoms with E-state index in [1.54, 1.807) is 24.8 Å². The molecule has 0 bridgehead atoms. The molecule has 2 N–H and O–H groups in total. The number of sulfonamides is 1. The second-order valence-electron chi connectivity index (χ2n) is 7.30. The zero-order chi connectivity index (χ0) is 22.9. The molecule has 2 amide bonds. The molecule has 0 aliphatic carbocycles. The van der Waals surface area contributed by atoms with Crippen molar-refractivity contribution >= 4 is 49.0 Å². The van der Waals surface area contributed by atoms with E-state index in [0.29, 0.717) is 30.0 Å². The van der Waals surface area contributed by atoms with Gasteiger partial charge in [-0.05, 0) is 47.4 Å². The number of amides is 2. The third-order valence-electron chi connectivity index (χ3n) is 4.77. The summed E-state index contributed by atoms with van der Waals surface area (Å²) in [5.74, 6) is -1.20. The minimum absolute atomic E-state index is 0.00315. The molecule has 1 aliphatic heterocycles. The van der Waals surface area contributed by atoms with Crippen LogP contribution in [0, 0.1) is 16.0 Å². The lowest BCUT2D eigenvalue weighted by Gasteiger charge is -2.21. The highest BCUT2D eigenvalue weighted by atomic mass is 32.2. The Kier molecular flexibility index (Phi) is 6.38. The standard InChI is InChI=1S/C18H21N5O6S2/c1-10(2)16(17(25)20-18-19-9-15(30-18)23(26)27)21-31(28,29)13-4-5-14-12(8-13)6-7-22(14)11(3)24/h4-5,8-10,16,21H,6-7H2,1-3H3,(H,19,20,25)/t16-/m1/s1. The monoisotopic (exact) mass is 467 g/mol. The van der Waals surface area contributed by atoms with Crippen molar-refractivity contribution in [2.24, 2.45) is 5.92 Å². The van der Waals surface area contributed by atoms with Crippen molar-refractivity contribution in [2.75, 3.05) is 16.8 Å². The van der Waals surface area contributed by atoms with Gasteiger partial charge in [-0.1, -0.05) is 13.8 Å². The second kappa shape index (κ2) is 8.69. The smallest absolute Gasteiger partial charge is 0.312 e. The van der Waals surface area contributed by atoms with E-state index in [1.807, 2.05) is 0 Å². The molecule has 0 radical (unpaired) electrons. The van der Waals surface area contributed by atoms with Gasteiger partial charge >= 0.3 is 5.00 Å². The lowest BCUT2D eigenvalue weighted by Crippen LogP contribution is -2.47. The Morgan fingerprint density at radius 1 is 1.32 bits per heavy atom. The predicted octanol–water partition coefficient (Wildman–Crippen LogP) is 1.90. The van der Waals surface area contributed by atoms with Gasteiger partial charge in [-0.3, -0.25) is 19.7 Å². The minimum atomic E-state index is -4.05. The zero-order valence-electron chi connectivity index (χ0n) is 17.0. The third kappa shape index (κ3) is 4.89. The fourth-order valence-electron chi connectivity index (χ4n) is 3.19. The number of nitrogens with zero attached hydrogens (tertiary/aromatic N) is 3. The first kappa shape index (κ1) is 22.8. The molecule has 13 heteroatoms. The maximum Gasteiger partial charge on any atom is 0.345 e. The Morgan fingerprint density at radius 2 is 2.03 bits per heavy atom. The molecule has 0 fully saturated rings. The Hall–Kier alpha value is -2.90. The summed E-state index contributed by atoms with van der Waals surface area (Å²) in [5, 5.41) is 13.0. The fraction of sp³-hybridized carbons (Fsp3) is 0.389. The van der Waals surface area contributed by atoms with Gasteiger partial charge in [-0.2, -0.15) is 4.72 Å². The number of rotatable bonds is 7. The van der Waals surface area contributed by atoms with Gasteiger partial charge in [-0.25, -0.2) is 13.4 Å². The van der Waals surface area contributed by atoms with Crippen LogP contribution in [0.3, 0.4) is 0 Å². The van der Waals surface area contributed by atoms with Crippen LogP contribution in [-0.2, 0) is 26.0 Å². The van der Waals surface area contributed by atoms with E-state index in [-0.39, 0.29) is 20.9 Å². The molecule has 3 rings (SSSR count). The molecule has 1 aromatic carbocycles. The van der Waals surface area contributed by atoms with Crippen molar-refractivity contribution in [1.29, 1.82) is 0 Å². The lowest BCUT2D eigenvalue weighted by molar-refractivity contribution is -0.380. The lowest BCUT2D eigenvalue weighted by atomic mass is 10.1. The molecule has 0 saturated heterocycles. The van der Waals surface area contributed by atoms with Crippen molar-refractivity contribution in [3.05, 3.63) is 40.1 Å². The quantitative estimate of drug-likeness (QED) is 0.466. The number of carbonyl (C=O) groups excluding carboxylic acids is 2. The Labute approximate surface area is 182 Å². The van der Waals surface area contributed by atoms with Gasteiger partial charge in [0.15, 0.2) is 5.13 Å². The highest BCUT2D eigenvalue weighted by molar-refractivity contribution is 7.89. The zero-order valence-corrected chi connectivity index (χ0v) is 18.6. The first-order valence-corrected chi connectivity index (χ1v) is 11.6. The molecule has 1 aromatic heterocycles. The summed E-state index contributed by atoms with van der Waals surface area (Å²) in [7, 11) is -4.05. The number of hydrogen-bond acceptors (Lipinski definition) is 8. The second-order valence-corrected chi connectivity index (χ2v) is 10.0. The van der Waals surface area contributed by atoms with E-state index < -0.39 is 32.8 Å². The highest BCUT2D eigenvalue weighted by Gasteiger charge is 2.31.